The normalized spacial score (nSPS) is 15.1. The number of pyridine rings is 1. The zero-order chi connectivity index (χ0) is 20.6. The minimum absolute atomic E-state index is 0.119. The lowest BCUT2D eigenvalue weighted by Crippen LogP contribution is -2.32. The monoisotopic (exact) mass is 397 g/mol. The number of anilines is 1. The number of fused-ring (bicyclic) bond motifs is 1. The maximum absolute atomic E-state index is 11.2. The van der Waals surface area contributed by atoms with Gasteiger partial charge in [-0.3, -0.25) is 9.78 Å². The molecule has 0 spiro atoms. The van der Waals surface area contributed by atoms with Crippen LogP contribution in [-0.4, -0.2) is 41.6 Å². The van der Waals surface area contributed by atoms with E-state index in [2.05, 4.69) is 15.0 Å². The molecule has 1 amide bonds. The van der Waals surface area contributed by atoms with Crippen LogP contribution in [0.5, 0.6) is 5.75 Å². The van der Waals surface area contributed by atoms with Crippen molar-refractivity contribution < 1.29 is 9.53 Å². The summed E-state index contributed by atoms with van der Waals surface area (Å²) in [6, 6.07) is 3.57. The molecule has 2 aliphatic rings. The highest BCUT2D eigenvalue weighted by atomic mass is 16.5. The number of aryl methyl sites for hydroxylation is 1. The van der Waals surface area contributed by atoms with Crippen LogP contribution in [0.3, 0.4) is 0 Å². The summed E-state index contributed by atoms with van der Waals surface area (Å²) in [5.41, 5.74) is 8.07. The van der Waals surface area contributed by atoms with Crippen LogP contribution < -0.4 is 15.4 Å². The van der Waals surface area contributed by atoms with Crippen molar-refractivity contribution in [3.63, 3.8) is 0 Å². The Morgan fingerprint density at radius 2 is 1.79 bits per heavy atom. The van der Waals surface area contributed by atoms with Crippen LogP contribution in [-0.2, 0) is 17.6 Å². The van der Waals surface area contributed by atoms with E-state index in [0.29, 0.717) is 17.3 Å². The van der Waals surface area contributed by atoms with E-state index in [-0.39, 0.29) is 12.5 Å². The van der Waals surface area contributed by atoms with Crippen molar-refractivity contribution in [1.82, 2.24) is 15.0 Å². The van der Waals surface area contributed by atoms with E-state index in [1.165, 1.54) is 38.5 Å². The van der Waals surface area contributed by atoms with E-state index >= 15 is 0 Å². The van der Waals surface area contributed by atoms with Crippen LogP contribution in [0, 0.1) is 0 Å². The molecule has 156 valence electrons. The van der Waals surface area contributed by atoms with E-state index in [4.69, 9.17) is 10.5 Å². The fourth-order valence-corrected chi connectivity index (χ4v) is 3.87. The highest BCUT2D eigenvalue weighted by molar-refractivity contribution is 5.79. The number of nitrogens with zero attached hydrogens (tertiary/aromatic N) is 4. The Labute approximate surface area is 172 Å². The Kier molecular flexibility index (Phi) is 7.38. The number of aromatic nitrogens is 3. The van der Waals surface area contributed by atoms with Crippen molar-refractivity contribution in [2.45, 2.75) is 57.8 Å². The van der Waals surface area contributed by atoms with E-state index in [9.17, 15) is 4.79 Å². The van der Waals surface area contributed by atoms with Crippen molar-refractivity contribution in [2.75, 3.05) is 25.6 Å². The minimum atomic E-state index is -0.390. The van der Waals surface area contributed by atoms with Crippen LogP contribution in [0.2, 0.25) is 0 Å². The average molecular weight is 398 g/mol. The number of methoxy groups -OCH3 is 1. The topological polar surface area (TPSA) is 94.2 Å². The van der Waals surface area contributed by atoms with Crippen molar-refractivity contribution in [2.24, 2.45) is 5.73 Å². The predicted molar refractivity (Wildman–Crippen MR) is 114 cm³/mol. The molecule has 2 N–H and O–H groups in total. The number of ether oxygens (including phenoxy) is 1. The predicted octanol–water partition coefficient (Wildman–Crippen LogP) is 3.30. The molecule has 2 heterocycles. The fourth-order valence-electron chi connectivity index (χ4n) is 3.87. The van der Waals surface area contributed by atoms with Crippen LogP contribution >= 0.6 is 0 Å². The molecule has 0 radical (unpaired) electrons. The molecule has 2 aromatic heterocycles. The number of amides is 1. The quantitative estimate of drug-likeness (QED) is 0.832. The molecule has 0 atom stereocenters. The molecule has 29 heavy (non-hydrogen) atoms. The molecule has 0 bridgehead atoms. The largest absolute Gasteiger partial charge is 0.497 e. The van der Waals surface area contributed by atoms with E-state index in [1.807, 2.05) is 7.05 Å². The highest BCUT2D eigenvalue weighted by Gasteiger charge is 2.23. The number of hydrogen-bond donors (Lipinski definition) is 1. The third-order valence-corrected chi connectivity index (χ3v) is 5.36. The first-order valence-electron chi connectivity index (χ1n) is 10.5. The molecular formula is C22H31N5O2. The van der Waals surface area contributed by atoms with Gasteiger partial charge in [0.15, 0.2) is 5.82 Å². The zero-order valence-corrected chi connectivity index (χ0v) is 17.5. The van der Waals surface area contributed by atoms with Gasteiger partial charge >= 0.3 is 0 Å². The second-order valence-corrected chi connectivity index (χ2v) is 7.67. The lowest BCUT2D eigenvalue weighted by atomic mass is 10.0. The van der Waals surface area contributed by atoms with Gasteiger partial charge in [0.1, 0.15) is 17.3 Å². The van der Waals surface area contributed by atoms with Gasteiger partial charge in [-0.1, -0.05) is 38.5 Å². The fraction of sp³-hybridized carbons (Fsp3) is 0.545. The third-order valence-electron chi connectivity index (χ3n) is 5.36. The van der Waals surface area contributed by atoms with Gasteiger partial charge < -0.3 is 15.4 Å². The number of rotatable bonds is 5. The molecule has 0 saturated heterocycles. The molecule has 0 aliphatic heterocycles. The van der Waals surface area contributed by atoms with E-state index < -0.39 is 0 Å². The second kappa shape index (κ2) is 10.2. The van der Waals surface area contributed by atoms with Crippen LogP contribution in [0.1, 0.15) is 56.2 Å². The van der Waals surface area contributed by atoms with Crippen molar-refractivity contribution in [1.29, 1.82) is 0 Å². The van der Waals surface area contributed by atoms with Crippen molar-refractivity contribution in [3.05, 3.63) is 29.6 Å². The summed E-state index contributed by atoms with van der Waals surface area (Å²) in [6.45, 7) is 0.119. The van der Waals surface area contributed by atoms with Gasteiger partial charge in [-0.05, 0) is 25.3 Å². The zero-order valence-electron chi connectivity index (χ0n) is 17.5. The Hall–Kier alpha value is -2.70. The Morgan fingerprint density at radius 1 is 1.10 bits per heavy atom. The molecule has 2 aromatic rings. The summed E-state index contributed by atoms with van der Waals surface area (Å²) >= 11 is 0. The average Bonchev–Trinajstić information content (AvgIpc) is 3.23. The first-order valence-corrected chi connectivity index (χ1v) is 10.5. The Morgan fingerprint density at radius 3 is 2.41 bits per heavy atom. The van der Waals surface area contributed by atoms with Gasteiger partial charge in [0, 0.05) is 30.6 Å². The van der Waals surface area contributed by atoms with Gasteiger partial charge in [0.25, 0.3) is 0 Å². The maximum Gasteiger partial charge on any atom is 0.236 e. The minimum Gasteiger partial charge on any atom is -0.497 e. The van der Waals surface area contributed by atoms with Crippen molar-refractivity contribution >= 4 is 11.7 Å². The van der Waals surface area contributed by atoms with Gasteiger partial charge in [0.05, 0.1) is 13.7 Å². The Balaban J connectivity index is 0.000000343. The molecule has 2 aliphatic carbocycles. The lowest BCUT2D eigenvalue weighted by molar-refractivity contribution is -0.116. The summed E-state index contributed by atoms with van der Waals surface area (Å²) in [5, 5.41) is 0. The number of likely N-dealkylation sites (N-methyl/N-ethyl adjacent to an activating group) is 1. The first-order chi connectivity index (χ1) is 14.1. The summed E-state index contributed by atoms with van der Waals surface area (Å²) < 4.78 is 5.23. The number of nitrogens with two attached hydrogens (primary N) is 1. The first kappa shape index (κ1) is 21.0. The standard InChI is InChI=1S/C16H19N5O2.C6H12/c1-21(9-14(17)22)16-11-4-3-5-12(11)19-15(20-16)13-8-10(23-2)6-7-18-13;1-2-4-6-5-3-1/h6-8H,3-5,9H2,1-2H3,(H2,17,22);1-6H2. The number of carbonyl (C=O) groups is 1. The third kappa shape index (κ3) is 5.65. The van der Waals surface area contributed by atoms with E-state index in [0.717, 1.165) is 36.3 Å². The number of hydrogen-bond acceptors (Lipinski definition) is 6. The van der Waals surface area contributed by atoms with Crippen LogP contribution in [0.25, 0.3) is 11.5 Å². The molecule has 1 fully saturated rings. The molecule has 0 unspecified atom stereocenters. The summed E-state index contributed by atoms with van der Waals surface area (Å²) in [7, 11) is 3.42. The molecular weight excluding hydrogens is 366 g/mol. The highest BCUT2D eigenvalue weighted by Crippen LogP contribution is 2.31. The molecule has 0 aromatic carbocycles. The van der Waals surface area contributed by atoms with Gasteiger partial charge in [-0.25, -0.2) is 9.97 Å². The van der Waals surface area contributed by atoms with Gasteiger partial charge in [-0.15, -0.1) is 0 Å². The second-order valence-electron chi connectivity index (χ2n) is 7.67. The molecule has 7 nitrogen and oxygen atoms in total. The Bertz CT molecular complexity index is 824. The number of primary amides is 1. The van der Waals surface area contributed by atoms with Gasteiger partial charge in [-0.2, -0.15) is 0 Å². The summed E-state index contributed by atoms with van der Waals surface area (Å²) in [5.74, 6) is 1.60. The molecule has 1 saturated carbocycles. The maximum atomic E-state index is 11.2. The van der Waals surface area contributed by atoms with E-state index in [1.54, 1.807) is 30.3 Å². The summed E-state index contributed by atoms with van der Waals surface area (Å²) in [6.07, 6.45) is 13.5. The number of carbonyl (C=O) groups excluding carboxylic acids is 1. The van der Waals surface area contributed by atoms with Crippen LogP contribution in [0.15, 0.2) is 18.3 Å². The lowest BCUT2D eigenvalue weighted by Gasteiger charge is -2.20. The summed E-state index contributed by atoms with van der Waals surface area (Å²) in [4.78, 5) is 26.6. The molecule has 7 heteroatoms. The smallest absolute Gasteiger partial charge is 0.236 e. The van der Waals surface area contributed by atoms with Crippen LogP contribution in [0.4, 0.5) is 5.82 Å². The van der Waals surface area contributed by atoms with Crippen molar-refractivity contribution in [3.8, 4) is 17.3 Å². The van der Waals surface area contributed by atoms with Gasteiger partial charge in [0.2, 0.25) is 5.91 Å². The SMILES string of the molecule is C1CCCCC1.COc1ccnc(-c2nc3c(c(N(C)CC(N)=O)n2)CCC3)c1. The molecule has 4 rings (SSSR count).